The number of anilines is 1. The fraction of sp³-hybridized carbons (Fsp3) is 0.625. The molecule has 0 aliphatic carbocycles. The van der Waals surface area contributed by atoms with Gasteiger partial charge in [-0.15, -0.1) is 0 Å². The molecule has 1 aromatic rings. The molecule has 1 saturated heterocycles. The number of methoxy groups -OCH3 is 1. The Morgan fingerprint density at radius 1 is 1.48 bits per heavy atom. The summed E-state index contributed by atoms with van der Waals surface area (Å²) < 4.78 is 19.1. The highest BCUT2D eigenvalue weighted by Gasteiger charge is 2.24. The number of aliphatic hydroxyl groups excluding tert-OH is 1. The lowest BCUT2D eigenvalue weighted by Crippen LogP contribution is -2.25. The summed E-state index contributed by atoms with van der Waals surface area (Å²) in [4.78, 5) is 2.23. The molecule has 0 radical (unpaired) electrons. The smallest absolute Gasteiger partial charge is 0.129 e. The molecular weight excluding hydrogens is 271 g/mol. The first kappa shape index (κ1) is 16.2. The lowest BCUT2D eigenvalue weighted by molar-refractivity contribution is 0.199. The van der Waals surface area contributed by atoms with Gasteiger partial charge in [-0.25, -0.2) is 4.39 Å². The molecular formula is C16H25FN2O2. The minimum absolute atomic E-state index is 0.164. The summed E-state index contributed by atoms with van der Waals surface area (Å²) in [5.74, 6) is 0.343. The van der Waals surface area contributed by atoms with E-state index in [2.05, 4.69) is 10.2 Å². The van der Waals surface area contributed by atoms with Crippen LogP contribution in [-0.2, 0) is 11.3 Å². The van der Waals surface area contributed by atoms with Crippen LogP contribution in [0.5, 0.6) is 0 Å². The van der Waals surface area contributed by atoms with E-state index >= 15 is 0 Å². The standard InChI is InChI=1S/C16H25FN2O2/c1-21-10-7-18-11-14-15(17)3-2-4-16(14)19-8-5-13(12-19)6-9-20/h2-4,13,18,20H,5-12H2,1H3. The van der Waals surface area contributed by atoms with Crippen molar-refractivity contribution in [1.82, 2.24) is 5.32 Å². The normalized spacial score (nSPS) is 18.4. The number of rotatable bonds is 8. The van der Waals surface area contributed by atoms with Crippen LogP contribution in [0.4, 0.5) is 10.1 Å². The van der Waals surface area contributed by atoms with Crippen LogP contribution in [0.15, 0.2) is 18.2 Å². The topological polar surface area (TPSA) is 44.7 Å². The first-order valence-corrected chi connectivity index (χ1v) is 7.59. The zero-order valence-corrected chi connectivity index (χ0v) is 12.6. The van der Waals surface area contributed by atoms with Crippen LogP contribution in [0, 0.1) is 11.7 Å². The number of aliphatic hydroxyl groups is 1. The Balaban J connectivity index is 2.03. The first-order valence-electron chi connectivity index (χ1n) is 7.59. The summed E-state index contributed by atoms with van der Waals surface area (Å²) in [5.41, 5.74) is 1.69. The van der Waals surface area contributed by atoms with E-state index in [1.165, 1.54) is 6.07 Å². The molecule has 1 aliphatic rings. The second-order valence-corrected chi connectivity index (χ2v) is 5.52. The third-order valence-electron chi connectivity index (χ3n) is 4.04. The van der Waals surface area contributed by atoms with Crippen LogP contribution in [0.25, 0.3) is 0 Å². The maximum Gasteiger partial charge on any atom is 0.129 e. The van der Waals surface area contributed by atoms with Crippen molar-refractivity contribution in [3.63, 3.8) is 0 Å². The molecule has 0 amide bonds. The molecule has 21 heavy (non-hydrogen) atoms. The third kappa shape index (κ3) is 4.40. The zero-order valence-electron chi connectivity index (χ0n) is 12.6. The molecule has 1 heterocycles. The van der Waals surface area contributed by atoms with E-state index in [9.17, 15) is 4.39 Å². The van der Waals surface area contributed by atoms with Crippen molar-refractivity contribution in [2.75, 3.05) is 44.9 Å². The number of halogens is 1. The maximum atomic E-state index is 14.1. The second-order valence-electron chi connectivity index (χ2n) is 5.52. The Kier molecular flexibility index (Phi) is 6.42. The van der Waals surface area contributed by atoms with E-state index in [1.54, 1.807) is 13.2 Å². The Bertz CT molecular complexity index is 442. The van der Waals surface area contributed by atoms with Crippen LogP contribution in [0.2, 0.25) is 0 Å². The van der Waals surface area contributed by atoms with Crippen molar-refractivity contribution in [2.45, 2.75) is 19.4 Å². The van der Waals surface area contributed by atoms with Gasteiger partial charge in [-0.1, -0.05) is 6.07 Å². The molecule has 2 N–H and O–H groups in total. The van der Waals surface area contributed by atoms with Crippen molar-refractivity contribution in [2.24, 2.45) is 5.92 Å². The van der Waals surface area contributed by atoms with E-state index < -0.39 is 0 Å². The maximum absolute atomic E-state index is 14.1. The van der Waals surface area contributed by atoms with Crippen LogP contribution < -0.4 is 10.2 Å². The zero-order chi connectivity index (χ0) is 15.1. The van der Waals surface area contributed by atoms with Crippen LogP contribution in [-0.4, -0.2) is 45.1 Å². The molecule has 0 spiro atoms. The summed E-state index contributed by atoms with van der Waals surface area (Å²) in [6.07, 6.45) is 1.89. The number of hydrogen-bond donors (Lipinski definition) is 2. The second kappa shape index (κ2) is 8.32. The van der Waals surface area contributed by atoms with Gasteiger partial charge in [0, 0.05) is 51.1 Å². The van der Waals surface area contributed by atoms with E-state index in [4.69, 9.17) is 9.84 Å². The van der Waals surface area contributed by atoms with Crippen molar-refractivity contribution < 1.29 is 14.2 Å². The summed E-state index contributed by atoms with van der Waals surface area (Å²) in [6, 6.07) is 5.26. The van der Waals surface area contributed by atoms with Crippen molar-refractivity contribution >= 4 is 5.69 Å². The largest absolute Gasteiger partial charge is 0.396 e. The number of benzene rings is 1. The molecule has 4 nitrogen and oxygen atoms in total. The minimum Gasteiger partial charge on any atom is -0.396 e. The van der Waals surface area contributed by atoms with Crippen LogP contribution in [0.1, 0.15) is 18.4 Å². The van der Waals surface area contributed by atoms with E-state index in [1.807, 2.05) is 6.07 Å². The highest BCUT2D eigenvalue weighted by Crippen LogP contribution is 2.29. The van der Waals surface area contributed by atoms with Crippen molar-refractivity contribution in [3.8, 4) is 0 Å². The van der Waals surface area contributed by atoms with E-state index in [0.717, 1.165) is 37.2 Å². The predicted molar refractivity (Wildman–Crippen MR) is 82.0 cm³/mol. The number of ether oxygens (including phenoxy) is 1. The molecule has 0 aromatic heterocycles. The summed E-state index contributed by atoms with van der Waals surface area (Å²) >= 11 is 0. The van der Waals surface area contributed by atoms with Gasteiger partial charge >= 0.3 is 0 Å². The first-order chi connectivity index (χ1) is 10.3. The van der Waals surface area contributed by atoms with Gasteiger partial charge in [0.2, 0.25) is 0 Å². The van der Waals surface area contributed by atoms with Gasteiger partial charge in [0.15, 0.2) is 0 Å². The lowest BCUT2D eigenvalue weighted by Gasteiger charge is -2.23. The minimum atomic E-state index is -0.164. The molecule has 0 saturated carbocycles. The molecule has 0 bridgehead atoms. The number of nitrogens with zero attached hydrogens (tertiary/aromatic N) is 1. The number of nitrogens with one attached hydrogen (secondary N) is 1. The average Bonchev–Trinajstić information content (AvgIpc) is 2.94. The van der Waals surface area contributed by atoms with Gasteiger partial charge in [0.25, 0.3) is 0 Å². The van der Waals surface area contributed by atoms with Gasteiger partial charge in [-0.05, 0) is 30.9 Å². The summed E-state index contributed by atoms with van der Waals surface area (Å²) in [5, 5.41) is 12.3. The molecule has 1 fully saturated rings. The summed E-state index contributed by atoms with van der Waals surface area (Å²) in [6.45, 7) is 3.89. The Labute approximate surface area is 125 Å². The Morgan fingerprint density at radius 3 is 3.10 bits per heavy atom. The van der Waals surface area contributed by atoms with Gasteiger partial charge in [0.05, 0.1) is 6.61 Å². The van der Waals surface area contributed by atoms with Gasteiger partial charge in [-0.3, -0.25) is 0 Å². The monoisotopic (exact) mass is 296 g/mol. The van der Waals surface area contributed by atoms with E-state index in [-0.39, 0.29) is 12.4 Å². The molecule has 1 aliphatic heterocycles. The lowest BCUT2D eigenvalue weighted by atomic mass is 10.1. The molecule has 1 atom stereocenters. The average molecular weight is 296 g/mol. The molecule has 5 heteroatoms. The quantitative estimate of drug-likeness (QED) is 0.718. The van der Waals surface area contributed by atoms with Crippen molar-refractivity contribution in [3.05, 3.63) is 29.6 Å². The van der Waals surface area contributed by atoms with E-state index in [0.29, 0.717) is 25.6 Å². The number of hydrogen-bond acceptors (Lipinski definition) is 4. The highest BCUT2D eigenvalue weighted by molar-refractivity contribution is 5.55. The Hall–Kier alpha value is -1.17. The third-order valence-corrected chi connectivity index (χ3v) is 4.04. The van der Waals surface area contributed by atoms with Gasteiger partial charge in [0.1, 0.15) is 5.82 Å². The fourth-order valence-electron chi connectivity index (χ4n) is 2.88. The van der Waals surface area contributed by atoms with Gasteiger partial charge in [-0.2, -0.15) is 0 Å². The highest BCUT2D eigenvalue weighted by atomic mass is 19.1. The van der Waals surface area contributed by atoms with Crippen molar-refractivity contribution in [1.29, 1.82) is 0 Å². The fourth-order valence-corrected chi connectivity index (χ4v) is 2.88. The van der Waals surface area contributed by atoms with Gasteiger partial charge < -0.3 is 20.1 Å². The molecule has 118 valence electrons. The van der Waals surface area contributed by atoms with Crippen LogP contribution >= 0.6 is 0 Å². The van der Waals surface area contributed by atoms with Crippen LogP contribution in [0.3, 0.4) is 0 Å². The summed E-state index contributed by atoms with van der Waals surface area (Å²) in [7, 11) is 1.65. The Morgan fingerprint density at radius 2 is 2.33 bits per heavy atom. The molecule has 1 unspecified atom stereocenters. The SMILES string of the molecule is COCCNCc1c(F)cccc1N1CCC(CCO)C1. The molecule has 1 aromatic carbocycles. The predicted octanol–water partition coefficient (Wildman–Crippen LogP) is 1.77. The molecule has 2 rings (SSSR count).